The summed E-state index contributed by atoms with van der Waals surface area (Å²) in [4.78, 5) is 12.2. The lowest BCUT2D eigenvalue weighted by Crippen LogP contribution is -2.20. The largest absolute Gasteiger partial charge is 0.463 e. The molecule has 0 saturated heterocycles. The van der Waals surface area contributed by atoms with Gasteiger partial charge in [-0.25, -0.2) is 5.43 Å². The van der Waals surface area contributed by atoms with Crippen LogP contribution in [0.2, 0.25) is 5.02 Å². The Bertz CT molecular complexity index is 995. The van der Waals surface area contributed by atoms with Crippen molar-refractivity contribution in [3.63, 3.8) is 0 Å². The monoisotopic (exact) mass is 443 g/mol. The molecule has 2 aromatic heterocycles. The maximum absolute atomic E-state index is 12.2. The molecule has 0 bridgehead atoms. The highest BCUT2D eigenvalue weighted by Crippen LogP contribution is 2.35. The Labute approximate surface area is 183 Å². The van der Waals surface area contributed by atoms with Crippen molar-refractivity contribution in [3.05, 3.63) is 53.4 Å². The Morgan fingerprint density at radius 2 is 2.03 bits per heavy atom. The number of amides is 1. The van der Waals surface area contributed by atoms with E-state index in [2.05, 4.69) is 25.3 Å². The number of halogens is 1. The number of nitrogens with one attached hydrogen (secondary N) is 1. The van der Waals surface area contributed by atoms with E-state index in [-0.39, 0.29) is 11.7 Å². The molecule has 1 aromatic carbocycles. The number of hydrogen-bond donors (Lipinski definition) is 1. The van der Waals surface area contributed by atoms with Crippen LogP contribution in [0.25, 0.3) is 11.4 Å². The van der Waals surface area contributed by atoms with Crippen LogP contribution in [0.3, 0.4) is 0 Å². The smallest absolute Gasteiger partial charge is 0.250 e. The van der Waals surface area contributed by atoms with Gasteiger partial charge in [-0.3, -0.25) is 9.36 Å². The molecule has 30 heavy (non-hydrogen) atoms. The molecule has 0 unspecified atom stereocenters. The number of hydrazone groups is 1. The van der Waals surface area contributed by atoms with E-state index in [0.29, 0.717) is 16.8 Å². The van der Waals surface area contributed by atoms with E-state index in [1.54, 1.807) is 18.4 Å². The van der Waals surface area contributed by atoms with E-state index in [9.17, 15) is 4.79 Å². The molecule has 1 N–H and O–H groups in total. The summed E-state index contributed by atoms with van der Waals surface area (Å²) in [5, 5.41) is 14.2. The first-order valence-electron chi connectivity index (χ1n) is 9.90. The zero-order chi connectivity index (χ0) is 20.8. The van der Waals surface area contributed by atoms with Gasteiger partial charge in [0, 0.05) is 16.6 Å². The van der Waals surface area contributed by atoms with Crippen molar-refractivity contribution in [2.24, 2.45) is 5.10 Å². The number of nitrogens with zero attached hydrogens (tertiary/aromatic N) is 4. The first-order valence-corrected chi connectivity index (χ1v) is 11.3. The number of hydrogen-bond acceptors (Lipinski definition) is 6. The SMILES string of the molecule is O=C(CSc1nnc(-c2ccc(Cl)cc2)n1C1CCCCC1)NN=Cc1ccco1. The molecule has 3 aromatic rings. The summed E-state index contributed by atoms with van der Waals surface area (Å²) in [5.41, 5.74) is 3.48. The quantitative estimate of drug-likeness (QED) is 0.317. The van der Waals surface area contributed by atoms with Crippen LogP contribution in [-0.4, -0.2) is 32.6 Å². The van der Waals surface area contributed by atoms with Gasteiger partial charge in [0.25, 0.3) is 5.91 Å². The first-order chi connectivity index (χ1) is 14.7. The number of carbonyl (C=O) groups excluding carboxylic acids is 1. The molecule has 0 aliphatic heterocycles. The minimum absolute atomic E-state index is 0.195. The summed E-state index contributed by atoms with van der Waals surface area (Å²) in [6, 6.07) is 11.5. The number of carbonyl (C=O) groups is 1. The third kappa shape index (κ3) is 5.12. The Kier molecular flexibility index (Phi) is 6.86. The van der Waals surface area contributed by atoms with Gasteiger partial charge in [-0.05, 0) is 49.2 Å². The lowest BCUT2D eigenvalue weighted by Gasteiger charge is -2.25. The molecule has 1 amide bonds. The molecular formula is C21H22ClN5O2S. The number of thioether (sulfide) groups is 1. The molecule has 1 saturated carbocycles. The van der Waals surface area contributed by atoms with Crippen LogP contribution in [0.15, 0.2) is 57.3 Å². The molecule has 1 aliphatic carbocycles. The lowest BCUT2D eigenvalue weighted by molar-refractivity contribution is -0.118. The second-order valence-corrected chi connectivity index (χ2v) is 8.45. The molecule has 4 rings (SSSR count). The van der Waals surface area contributed by atoms with Crippen LogP contribution in [0.1, 0.15) is 43.9 Å². The summed E-state index contributed by atoms with van der Waals surface area (Å²) in [6.07, 6.45) is 8.83. The highest BCUT2D eigenvalue weighted by atomic mass is 35.5. The molecule has 1 fully saturated rings. The molecule has 0 atom stereocenters. The first kappa shape index (κ1) is 20.7. The standard InChI is InChI=1S/C21H22ClN5O2S/c22-16-10-8-15(9-11-16)20-25-26-21(27(20)17-5-2-1-3-6-17)30-14-19(28)24-23-13-18-7-4-12-29-18/h4,7-13,17H,1-3,5-6,14H2,(H,24,28). The van der Waals surface area contributed by atoms with Gasteiger partial charge in [0.15, 0.2) is 11.0 Å². The van der Waals surface area contributed by atoms with Crippen molar-refractivity contribution in [1.29, 1.82) is 0 Å². The number of aromatic nitrogens is 3. The average molecular weight is 444 g/mol. The van der Waals surface area contributed by atoms with Crippen LogP contribution >= 0.6 is 23.4 Å². The maximum Gasteiger partial charge on any atom is 0.250 e. The zero-order valence-corrected chi connectivity index (χ0v) is 17.9. The van der Waals surface area contributed by atoms with Crippen molar-refractivity contribution in [1.82, 2.24) is 20.2 Å². The minimum Gasteiger partial charge on any atom is -0.463 e. The van der Waals surface area contributed by atoms with Crippen molar-refractivity contribution >= 4 is 35.5 Å². The summed E-state index contributed by atoms with van der Waals surface area (Å²) < 4.78 is 7.33. The summed E-state index contributed by atoms with van der Waals surface area (Å²) in [6.45, 7) is 0. The van der Waals surface area contributed by atoms with E-state index < -0.39 is 0 Å². The molecule has 0 radical (unpaired) electrons. The molecule has 156 valence electrons. The highest BCUT2D eigenvalue weighted by molar-refractivity contribution is 7.99. The van der Waals surface area contributed by atoms with Crippen LogP contribution < -0.4 is 5.43 Å². The molecule has 0 spiro atoms. The fraction of sp³-hybridized carbons (Fsp3) is 0.333. The second-order valence-electron chi connectivity index (χ2n) is 7.07. The van der Waals surface area contributed by atoms with E-state index in [1.165, 1.54) is 37.2 Å². The Morgan fingerprint density at radius 1 is 1.23 bits per heavy atom. The second kappa shape index (κ2) is 9.95. The van der Waals surface area contributed by atoms with Crippen LogP contribution in [0.5, 0.6) is 0 Å². The fourth-order valence-corrected chi connectivity index (χ4v) is 4.46. The summed E-state index contributed by atoms with van der Waals surface area (Å²) in [7, 11) is 0. The van der Waals surface area contributed by atoms with Gasteiger partial charge >= 0.3 is 0 Å². The fourth-order valence-electron chi connectivity index (χ4n) is 3.53. The third-order valence-corrected chi connectivity index (χ3v) is 6.16. The van der Waals surface area contributed by atoms with Crippen molar-refractivity contribution < 1.29 is 9.21 Å². The normalized spacial score (nSPS) is 15.0. The van der Waals surface area contributed by atoms with Gasteiger partial charge in [0.05, 0.1) is 18.2 Å². The zero-order valence-electron chi connectivity index (χ0n) is 16.3. The number of benzene rings is 1. The van der Waals surface area contributed by atoms with Gasteiger partial charge in [-0.15, -0.1) is 10.2 Å². The van der Waals surface area contributed by atoms with Crippen molar-refractivity contribution in [3.8, 4) is 11.4 Å². The Morgan fingerprint density at radius 3 is 2.77 bits per heavy atom. The van der Waals surface area contributed by atoms with Crippen molar-refractivity contribution in [2.45, 2.75) is 43.3 Å². The molecule has 7 nitrogen and oxygen atoms in total. The third-order valence-electron chi connectivity index (χ3n) is 4.96. The number of rotatable bonds is 7. The van der Waals surface area contributed by atoms with E-state index in [0.717, 1.165) is 29.4 Å². The maximum atomic E-state index is 12.2. The predicted molar refractivity (Wildman–Crippen MR) is 118 cm³/mol. The van der Waals surface area contributed by atoms with Crippen LogP contribution in [0, 0.1) is 0 Å². The van der Waals surface area contributed by atoms with Gasteiger partial charge in [-0.2, -0.15) is 5.10 Å². The number of furan rings is 1. The molecule has 1 aliphatic rings. The van der Waals surface area contributed by atoms with Crippen LogP contribution in [0.4, 0.5) is 0 Å². The Hall–Kier alpha value is -2.58. The van der Waals surface area contributed by atoms with E-state index in [4.69, 9.17) is 16.0 Å². The molecule has 2 heterocycles. The van der Waals surface area contributed by atoms with Gasteiger partial charge in [0.2, 0.25) is 0 Å². The molecular weight excluding hydrogens is 422 g/mol. The summed E-state index contributed by atoms with van der Waals surface area (Å²) >= 11 is 7.41. The summed E-state index contributed by atoms with van der Waals surface area (Å²) in [5.74, 6) is 1.37. The topological polar surface area (TPSA) is 85.3 Å². The van der Waals surface area contributed by atoms with Crippen LogP contribution in [-0.2, 0) is 4.79 Å². The van der Waals surface area contributed by atoms with Crippen molar-refractivity contribution in [2.75, 3.05) is 5.75 Å². The Balaban J connectivity index is 1.48. The average Bonchev–Trinajstić information content (AvgIpc) is 3.43. The van der Waals surface area contributed by atoms with Gasteiger partial charge in [0.1, 0.15) is 5.76 Å². The van der Waals surface area contributed by atoms with E-state index >= 15 is 0 Å². The predicted octanol–water partition coefficient (Wildman–Crippen LogP) is 4.94. The van der Waals surface area contributed by atoms with Gasteiger partial charge < -0.3 is 4.42 Å². The lowest BCUT2D eigenvalue weighted by atomic mass is 9.95. The van der Waals surface area contributed by atoms with Gasteiger partial charge in [-0.1, -0.05) is 42.6 Å². The van der Waals surface area contributed by atoms with E-state index in [1.807, 2.05) is 24.3 Å². The minimum atomic E-state index is -0.214. The molecule has 9 heteroatoms. The highest BCUT2D eigenvalue weighted by Gasteiger charge is 2.24.